The van der Waals surface area contributed by atoms with Crippen LogP contribution in [0.1, 0.15) is 26.3 Å². The maximum atomic E-state index is 11.8. The highest BCUT2D eigenvalue weighted by atomic mass is 35.5. The first kappa shape index (κ1) is 21.1. The van der Waals surface area contributed by atoms with E-state index < -0.39 is 11.7 Å². The molecule has 2 aromatic rings. The van der Waals surface area contributed by atoms with E-state index in [9.17, 15) is 4.79 Å². The maximum absolute atomic E-state index is 11.8. The molecule has 5 nitrogen and oxygen atoms in total. The van der Waals surface area contributed by atoms with Gasteiger partial charge in [0.05, 0.1) is 0 Å². The molecular formula is C21H26ClNO4. The normalized spacial score (nSPS) is 11.1. The number of carbonyl (C=O) groups excluding carboxylic acids is 1. The monoisotopic (exact) mass is 391 g/mol. The fourth-order valence-corrected chi connectivity index (χ4v) is 2.59. The van der Waals surface area contributed by atoms with Crippen LogP contribution in [0.15, 0.2) is 42.5 Å². The van der Waals surface area contributed by atoms with Crippen LogP contribution in [0.5, 0.6) is 5.75 Å². The molecule has 0 aliphatic carbocycles. The number of methoxy groups -OCH3 is 1. The zero-order chi connectivity index (χ0) is 19.9. The number of rotatable bonds is 7. The summed E-state index contributed by atoms with van der Waals surface area (Å²) < 4.78 is 15.9. The largest absolute Gasteiger partial charge is 0.467 e. The fourth-order valence-electron chi connectivity index (χ4n) is 2.46. The number of alkyl carbamates (subject to hydrolysis) is 1. The number of benzene rings is 2. The number of carbonyl (C=O) groups is 1. The summed E-state index contributed by atoms with van der Waals surface area (Å²) in [6.07, 6.45) is 0.255. The van der Waals surface area contributed by atoms with Gasteiger partial charge < -0.3 is 19.5 Å². The summed E-state index contributed by atoms with van der Waals surface area (Å²) in [6.45, 7) is 6.16. The van der Waals surface area contributed by atoms with Gasteiger partial charge in [-0.25, -0.2) is 4.79 Å². The van der Waals surface area contributed by atoms with Crippen LogP contribution in [0.3, 0.4) is 0 Å². The van der Waals surface area contributed by atoms with Crippen LogP contribution in [-0.2, 0) is 15.9 Å². The van der Waals surface area contributed by atoms with Crippen molar-refractivity contribution < 1.29 is 19.0 Å². The summed E-state index contributed by atoms with van der Waals surface area (Å²) in [5.41, 5.74) is 2.50. The molecule has 0 saturated carbocycles. The molecule has 0 aliphatic rings. The van der Waals surface area contributed by atoms with E-state index in [2.05, 4.69) is 5.32 Å². The van der Waals surface area contributed by atoms with E-state index >= 15 is 0 Å². The SMILES string of the molecule is COCOc1ccc(CCNC(=O)OC(C)(C)C)cc1-c1ccc(Cl)cc1. The Hall–Kier alpha value is -2.24. The van der Waals surface area contributed by atoms with E-state index in [-0.39, 0.29) is 6.79 Å². The highest BCUT2D eigenvalue weighted by molar-refractivity contribution is 6.30. The van der Waals surface area contributed by atoms with Crippen LogP contribution in [-0.4, -0.2) is 32.1 Å². The molecule has 6 heteroatoms. The molecule has 0 saturated heterocycles. The molecule has 27 heavy (non-hydrogen) atoms. The Morgan fingerprint density at radius 1 is 1.11 bits per heavy atom. The Bertz CT molecular complexity index is 754. The zero-order valence-electron chi connectivity index (χ0n) is 16.2. The van der Waals surface area contributed by atoms with Gasteiger partial charge in [0.2, 0.25) is 0 Å². The van der Waals surface area contributed by atoms with Crippen molar-refractivity contribution in [2.45, 2.75) is 32.8 Å². The third-order valence-corrected chi connectivity index (χ3v) is 3.87. The molecule has 1 N–H and O–H groups in total. The second-order valence-corrected chi connectivity index (χ2v) is 7.50. The minimum atomic E-state index is -0.508. The lowest BCUT2D eigenvalue weighted by Gasteiger charge is -2.19. The first-order chi connectivity index (χ1) is 12.8. The molecule has 0 heterocycles. The minimum absolute atomic E-state index is 0.167. The molecule has 0 unspecified atom stereocenters. The van der Waals surface area contributed by atoms with E-state index in [1.165, 1.54) is 0 Å². The van der Waals surface area contributed by atoms with Crippen molar-refractivity contribution in [2.75, 3.05) is 20.4 Å². The van der Waals surface area contributed by atoms with Gasteiger partial charge >= 0.3 is 6.09 Å². The standard InChI is InChI=1S/C21H26ClNO4/c1-21(2,3)27-20(24)23-12-11-15-5-10-19(26-14-25-4)18(13-15)16-6-8-17(22)9-7-16/h5-10,13H,11-12,14H2,1-4H3,(H,23,24). The van der Waals surface area contributed by atoms with Gasteiger partial charge in [0, 0.05) is 24.2 Å². The van der Waals surface area contributed by atoms with Crippen LogP contribution in [0, 0.1) is 0 Å². The van der Waals surface area contributed by atoms with Gasteiger partial charge in [-0.3, -0.25) is 0 Å². The molecule has 0 aliphatic heterocycles. The van der Waals surface area contributed by atoms with Crippen molar-refractivity contribution in [3.8, 4) is 16.9 Å². The number of nitrogens with one attached hydrogen (secondary N) is 1. The van der Waals surface area contributed by atoms with E-state index in [1.807, 2.05) is 63.2 Å². The minimum Gasteiger partial charge on any atom is -0.467 e. The number of ether oxygens (including phenoxy) is 3. The van der Waals surface area contributed by atoms with Crippen molar-refractivity contribution in [2.24, 2.45) is 0 Å². The number of halogens is 1. The molecule has 0 bridgehead atoms. The smallest absolute Gasteiger partial charge is 0.407 e. The lowest BCUT2D eigenvalue weighted by Crippen LogP contribution is -2.33. The van der Waals surface area contributed by atoms with Gasteiger partial charge in [-0.15, -0.1) is 0 Å². The van der Waals surface area contributed by atoms with Crippen molar-refractivity contribution in [1.82, 2.24) is 5.32 Å². The predicted octanol–water partition coefficient (Wildman–Crippen LogP) is 5.06. The second-order valence-electron chi connectivity index (χ2n) is 7.07. The first-order valence-corrected chi connectivity index (χ1v) is 9.14. The Morgan fingerprint density at radius 3 is 2.44 bits per heavy atom. The summed E-state index contributed by atoms with van der Waals surface area (Å²) in [5.74, 6) is 0.725. The summed E-state index contributed by atoms with van der Waals surface area (Å²) in [7, 11) is 1.58. The second kappa shape index (κ2) is 9.62. The molecule has 2 aromatic carbocycles. The van der Waals surface area contributed by atoms with Crippen LogP contribution in [0.2, 0.25) is 5.02 Å². The Balaban J connectivity index is 2.10. The fraction of sp³-hybridized carbons (Fsp3) is 0.381. The predicted molar refractivity (Wildman–Crippen MR) is 107 cm³/mol. The molecule has 0 atom stereocenters. The van der Waals surface area contributed by atoms with Crippen molar-refractivity contribution >= 4 is 17.7 Å². The molecule has 0 radical (unpaired) electrons. The molecule has 146 valence electrons. The Labute approximate surface area is 165 Å². The summed E-state index contributed by atoms with van der Waals surface area (Å²) in [4.78, 5) is 11.8. The van der Waals surface area contributed by atoms with Crippen LogP contribution >= 0.6 is 11.6 Å². The van der Waals surface area contributed by atoms with Gasteiger partial charge in [-0.1, -0.05) is 29.8 Å². The zero-order valence-corrected chi connectivity index (χ0v) is 16.9. The summed E-state index contributed by atoms with van der Waals surface area (Å²) in [5, 5.41) is 3.45. The maximum Gasteiger partial charge on any atom is 0.407 e. The Kier molecular flexibility index (Phi) is 7.51. The highest BCUT2D eigenvalue weighted by Crippen LogP contribution is 2.32. The van der Waals surface area contributed by atoms with E-state index in [0.717, 1.165) is 22.4 Å². The van der Waals surface area contributed by atoms with Gasteiger partial charge in [-0.2, -0.15) is 0 Å². The average Bonchev–Trinajstić information content (AvgIpc) is 2.59. The lowest BCUT2D eigenvalue weighted by molar-refractivity contribution is 0.0513. The third kappa shape index (κ3) is 7.12. The van der Waals surface area contributed by atoms with Crippen LogP contribution in [0.4, 0.5) is 4.79 Å². The van der Waals surface area contributed by atoms with Crippen LogP contribution < -0.4 is 10.1 Å². The number of amides is 1. The van der Waals surface area contributed by atoms with Crippen molar-refractivity contribution in [1.29, 1.82) is 0 Å². The average molecular weight is 392 g/mol. The van der Waals surface area contributed by atoms with E-state index in [0.29, 0.717) is 18.0 Å². The Morgan fingerprint density at radius 2 is 1.81 bits per heavy atom. The van der Waals surface area contributed by atoms with E-state index in [4.69, 9.17) is 25.8 Å². The van der Waals surface area contributed by atoms with Crippen LogP contribution in [0.25, 0.3) is 11.1 Å². The lowest BCUT2D eigenvalue weighted by atomic mass is 10.0. The van der Waals surface area contributed by atoms with Crippen molar-refractivity contribution in [3.63, 3.8) is 0 Å². The molecule has 1 amide bonds. The third-order valence-electron chi connectivity index (χ3n) is 3.61. The topological polar surface area (TPSA) is 56.8 Å². The summed E-state index contributed by atoms with van der Waals surface area (Å²) >= 11 is 5.99. The molecule has 0 aromatic heterocycles. The van der Waals surface area contributed by atoms with E-state index in [1.54, 1.807) is 7.11 Å². The molecule has 0 fully saturated rings. The molecule has 2 rings (SSSR count). The number of hydrogen-bond acceptors (Lipinski definition) is 4. The van der Waals surface area contributed by atoms with Gasteiger partial charge in [-0.05, 0) is 62.6 Å². The van der Waals surface area contributed by atoms with Gasteiger partial charge in [0.15, 0.2) is 6.79 Å². The number of hydrogen-bond donors (Lipinski definition) is 1. The van der Waals surface area contributed by atoms with Gasteiger partial charge in [0.25, 0.3) is 0 Å². The molecule has 0 spiro atoms. The first-order valence-electron chi connectivity index (χ1n) is 8.76. The van der Waals surface area contributed by atoms with Crippen molar-refractivity contribution in [3.05, 3.63) is 53.1 Å². The quantitative estimate of drug-likeness (QED) is 0.670. The summed E-state index contributed by atoms with van der Waals surface area (Å²) in [6, 6.07) is 13.5. The molecular weight excluding hydrogens is 366 g/mol. The highest BCUT2D eigenvalue weighted by Gasteiger charge is 2.15. The van der Waals surface area contributed by atoms with Gasteiger partial charge in [0.1, 0.15) is 11.4 Å².